The summed E-state index contributed by atoms with van der Waals surface area (Å²) >= 11 is 6.38. The molecular weight excluding hydrogens is 301 g/mol. The first kappa shape index (κ1) is 18.9. The quantitative estimate of drug-likeness (QED) is 0.507. The number of halogens is 1. The summed E-state index contributed by atoms with van der Waals surface area (Å²) in [7, 11) is 13.5. The summed E-state index contributed by atoms with van der Waals surface area (Å²) in [4.78, 5) is 13.4. The van der Waals surface area contributed by atoms with Gasteiger partial charge in [-0.1, -0.05) is 45.4 Å². The van der Waals surface area contributed by atoms with Gasteiger partial charge < -0.3 is 10.8 Å². The second-order valence-corrected chi connectivity index (χ2v) is 8.97. The summed E-state index contributed by atoms with van der Waals surface area (Å²) in [5, 5.41) is 9.87. The molecule has 0 saturated heterocycles. The van der Waals surface area contributed by atoms with Crippen molar-refractivity contribution >= 4 is 72.3 Å². The Morgan fingerprint density at radius 3 is 1.87 bits per heavy atom. The van der Waals surface area contributed by atoms with Crippen LogP contribution in [0, 0.1) is 0 Å². The van der Waals surface area contributed by atoms with Gasteiger partial charge in [-0.25, -0.2) is 0 Å². The third-order valence-corrected chi connectivity index (χ3v) is 7.76. The monoisotopic (exact) mass is 323 g/mol. The lowest BCUT2D eigenvalue weighted by Crippen LogP contribution is -2.76. The number of nitrogens with two attached hydrogens (primary N) is 1. The Morgan fingerprint density at radius 2 is 1.39 bits per heavy atom. The Kier molecular flexibility index (Phi) is 4.13. The van der Waals surface area contributed by atoms with Crippen molar-refractivity contribution in [2.75, 3.05) is 0 Å². The van der Waals surface area contributed by atoms with E-state index in [9.17, 15) is 9.90 Å². The molecule has 1 fully saturated rings. The van der Waals surface area contributed by atoms with Crippen molar-refractivity contribution in [3.8, 4) is 0 Å². The molecule has 3 nitrogen and oxygen atoms in total. The zero-order valence-electron chi connectivity index (χ0n) is 15.1. The molecular formula is C12H21B7ClNO2. The first-order valence-electron chi connectivity index (χ1n) is 7.98. The molecule has 0 bridgehead atoms. The van der Waals surface area contributed by atoms with Gasteiger partial charge in [0.15, 0.2) is 13.6 Å². The predicted molar refractivity (Wildman–Crippen MR) is 115 cm³/mol. The molecule has 0 radical (unpaired) electrons. The number of carbonyl (C=O) groups excluding carboxylic acids is 1. The van der Waals surface area contributed by atoms with Crippen LogP contribution in [0.2, 0.25) is 20.7 Å². The van der Waals surface area contributed by atoms with Gasteiger partial charge in [-0.2, -0.15) is 0 Å². The van der Waals surface area contributed by atoms with Gasteiger partial charge in [0, 0.05) is 5.02 Å². The second kappa shape index (κ2) is 5.03. The van der Waals surface area contributed by atoms with Crippen LogP contribution in [0.4, 0.5) is 0 Å². The smallest absolute Gasteiger partial charge is 0.177 e. The van der Waals surface area contributed by atoms with Gasteiger partial charge in [0.1, 0.15) is 31.4 Å². The minimum Gasteiger partial charge on any atom is -0.392 e. The van der Waals surface area contributed by atoms with Crippen LogP contribution in [-0.2, 0) is 10.3 Å². The molecule has 2 rings (SSSR count). The van der Waals surface area contributed by atoms with E-state index >= 15 is 0 Å². The largest absolute Gasteiger partial charge is 0.392 e. The summed E-state index contributed by atoms with van der Waals surface area (Å²) in [5.74, 6) is -0.382. The van der Waals surface area contributed by atoms with Crippen LogP contribution >= 0.6 is 11.6 Å². The minimum absolute atomic E-state index is 0.382. The number of aliphatic hydroxyl groups is 1. The minimum atomic E-state index is -1.57. The van der Waals surface area contributed by atoms with E-state index in [1.54, 1.807) is 20.0 Å². The van der Waals surface area contributed by atoms with Gasteiger partial charge in [0.25, 0.3) is 0 Å². The van der Waals surface area contributed by atoms with Crippen LogP contribution < -0.4 is 5.73 Å². The van der Waals surface area contributed by atoms with Crippen molar-refractivity contribution in [2.45, 2.75) is 26.7 Å². The SMILES string of the molecule is BC1(O)C(=O)C(N)(c2ccccc2Cl)C(B)(B)C(B)(B)C1(B)B. The molecule has 1 saturated carbocycles. The Labute approximate surface area is 149 Å². The molecule has 11 heteroatoms. The number of Topliss-reactive ketones (excluding diaryl/α,β-unsaturated/α-hetero) is 1. The van der Waals surface area contributed by atoms with E-state index in [1.807, 2.05) is 43.5 Å². The van der Waals surface area contributed by atoms with Crippen LogP contribution in [0.15, 0.2) is 24.3 Å². The maximum absolute atomic E-state index is 13.4. The van der Waals surface area contributed by atoms with Crippen molar-refractivity contribution in [2.24, 2.45) is 5.73 Å². The lowest BCUT2D eigenvalue weighted by Gasteiger charge is -2.69. The highest BCUT2D eigenvalue weighted by Crippen LogP contribution is 2.70. The van der Waals surface area contributed by atoms with Gasteiger partial charge in [0.2, 0.25) is 0 Å². The molecule has 2 atom stereocenters. The third kappa shape index (κ3) is 1.98. The zero-order valence-corrected chi connectivity index (χ0v) is 15.9. The van der Waals surface area contributed by atoms with E-state index in [-0.39, 0.29) is 5.78 Å². The number of hydrogen-bond donors (Lipinski definition) is 2. The predicted octanol–water partition coefficient (Wildman–Crippen LogP) is -5.45. The maximum atomic E-state index is 13.4. The first-order chi connectivity index (χ1) is 10.2. The van der Waals surface area contributed by atoms with E-state index in [2.05, 4.69) is 15.7 Å². The van der Waals surface area contributed by atoms with Crippen LogP contribution in [0.3, 0.4) is 0 Å². The molecule has 0 spiro atoms. The van der Waals surface area contributed by atoms with E-state index < -0.39 is 26.7 Å². The molecule has 1 aromatic carbocycles. The first-order valence-corrected chi connectivity index (χ1v) is 8.36. The van der Waals surface area contributed by atoms with E-state index in [0.717, 1.165) is 0 Å². The average molecular weight is 322 g/mol. The highest BCUT2D eigenvalue weighted by Gasteiger charge is 2.71. The van der Waals surface area contributed by atoms with Crippen LogP contribution in [-0.4, -0.2) is 71.3 Å². The van der Waals surface area contributed by atoms with Crippen LogP contribution in [0.25, 0.3) is 0 Å². The van der Waals surface area contributed by atoms with Crippen molar-refractivity contribution in [1.29, 1.82) is 0 Å². The summed E-state index contributed by atoms with van der Waals surface area (Å²) in [6, 6.07) is 7.14. The van der Waals surface area contributed by atoms with Gasteiger partial charge in [-0.05, 0) is 11.6 Å². The fraction of sp³-hybridized carbons (Fsp3) is 0.417. The lowest BCUT2D eigenvalue weighted by atomic mass is 9.08. The standard InChI is InChI=1S/C12H21B7ClNO2/c13-9(23)7(22)8(21,5-3-1-2-4-6(5)20)10(14,15)12(18,19)11(9,16)17/h1-4,23H,13-19,21H2. The molecule has 0 aromatic heterocycles. The van der Waals surface area contributed by atoms with Crippen molar-refractivity contribution < 1.29 is 9.90 Å². The molecule has 2 unspecified atom stereocenters. The fourth-order valence-electron chi connectivity index (χ4n) is 4.07. The Balaban J connectivity index is 2.89. The van der Waals surface area contributed by atoms with Crippen molar-refractivity contribution in [3.63, 3.8) is 0 Å². The third-order valence-electron chi connectivity index (χ3n) is 7.43. The van der Waals surface area contributed by atoms with Crippen molar-refractivity contribution in [1.82, 2.24) is 0 Å². The van der Waals surface area contributed by atoms with Gasteiger partial charge in [-0.3, -0.25) is 4.79 Å². The number of rotatable bonds is 1. The van der Waals surface area contributed by atoms with Gasteiger partial charge in [0.05, 0.1) is 26.7 Å². The number of ketones is 1. The Morgan fingerprint density at radius 1 is 0.913 bits per heavy atom. The highest BCUT2D eigenvalue weighted by atomic mass is 35.5. The molecule has 0 aliphatic heterocycles. The number of carbonyl (C=O) groups is 1. The molecule has 0 heterocycles. The molecule has 0 amide bonds. The lowest BCUT2D eigenvalue weighted by molar-refractivity contribution is -0.142. The van der Waals surface area contributed by atoms with E-state index in [4.69, 9.17) is 17.3 Å². The number of benzene rings is 1. The van der Waals surface area contributed by atoms with Gasteiger partial charge in [-0.15, -0.1) is 0 Å². The highest BCUT2D eigenvalue weighted by molar-refractivity contribution is 6.66. The van der Waals surface area contributed by atoms with Gasteiger partial charge >= 0.3 is 0 Å². The topological polar surface area (TPSA) is 63.3 Å². The summed E-state index contributed by atoms with van der Waals surface area (Å²) in [6.45, 7) is 0. The normalized spacial score (nSPS) is 34.8. The fourth-order valence-corrected chi connectivity index (χ4v) is 4.36. The van der Waals surface area contributed by atoms with E-state index in [0.29, 0.717) is 10.6 Å². The molecule has 1 aliphatic rings. The zero-order chi connectivity index (χ0) is 18.1. The molecule has 3 N–H and O–H groups in total. The second-order valence-electron chi connectivity index (χ2n) is 8.56. The van der Waals surface area contributed by atoms with Crippen LogP contribution in [0.5, 0.6) is 0 Å². The molecule has 23 heavy (non-hydrogen) atoms. The summed E-state index contributed by atoms with van der Waals surface area (Å²) in [6.07, 6.45) is 0. The average Bonchev–Trinajstić information content (AvgIpc) is 2.44. The summed E-state index contributed by atoms with van der Waals surface area (Å²) in [5.41, 5.74) is 4.40. The molecule has 1 aliphatic carbocycles. The van der Waals surface area contributed by atoms with Crippen molar-refractivity contribution in [3.05, 3.63) is 34.9 Å². The van der Waals surface area contributed by atoms with Crippen LogP contribution in [0.1, 0.15) is 5.56 Å². The molecule has 1 aromatic rings. The molecule has 114 valence electrons. The van der Waals surface area contributed by atoms with E-state index in [1.165, 1.54) is 0 Å². The summed E-state index contributed by atoms with van der Waals surface area (Å²) < 4.78 is 0. The Bertz CT molecular complexity index is 679. The maximum Gasteiger partial charge on any atom is 0.177 e. The number of hydrogen-bond acceptors (Lipinski definition) is 3. The Hall–Kier alpha value is -0.445.